The average molecular weight is 471 g/mol. The highest BCUT2D eigenvalue weighted by Gasteiger charge is 2.15. The summed E-state index contributed by atoms with van der Waals surface area (Å²) < 4.78 is 5.77. The first-order chi connectivity index (χ1) is 16.4. The van der Waals surface area contributed by atoms with Gasteiger partial charge in [0.2, 0.25) is 0 Å². The molecule has 0 unspecified atom stereocenters. The Bertz CT molecular complexity index is 1480. The molecule has 6 nitrogen and oxygen atoms in total. The fourth-order valence-electron chi connectivity index (χ4n) is 3.72. The maximum Gasteiger partial charge on any atom is 0.291 e. The number of hydrogen-bond donors (Lipinski definition) is 1. The summed E-state index contributed by atoms with van der Waals surface area (Å²) in [5.41, 5.74) is 5.98. The lowest BCUT2D eigenvalue weighted by molar-refractivity contribution is 0.0997. The summed E-state index contributed by atoms with van der Waals surface area (Å²) in [7, 11) is 0. The van der Waals surface area contributed by atoms with Gasteiger partial charge in [-0.3, -0.25) is 4.79 Å². The number of fused-ring (bicyclic) bond motifs is 1. The van der Waals surface area contributed by atoms with E-state index in [1.165, 1.54) is 5.56 Å². The molecule has 0 fully saturated rings. The van der Waals surface area contributed by atoms with E-state index in [4.69, 9.17) is 16.0 Å². The number of furan rings is 1. The number of aryl methyl sites for hydroxylation is 1. The number of nitrogens with zero attached hydrogens (tertiary/aromatic N) is 3. The number of carbonyl (C=O) groups excluding carboxylic acids is 1. The molecule has 1 N–H and O–H groups in total. The molecule has 0 aliphatic rings. The zero-order chi connectivity index (χ0) is 23.8. The summed E-state index contributed by atoms with van der Waals surface area (Å²) in [6.07, 6.45) is 0. The Morgan fingerprint density at radius 3 is 2.29 bits per heavy atom. The second-order valence-corrected chi connectivity index (χ2v) is 8.95. The Kier molecular flexibility index (Phi) is 5.67. The van der Waals surface area contributed by atoms with Crippen LogP contribution in [0.2, 0.25) is 5.02 Å². The SMILES string of the molecule is Cc1cc2nn(-c3ccc(C(C)C)cc3)nc2cc1NC(=O)c1ccc(-c2ccc(Cl)cc2)o1. The van der Waals surface area contributed by atoms with E-state index in [1.54, 1.807) is 29.1 Å². The van der Waals surface area contributed by atoms with Crippen LogP contribution < -0.4 is 5.32 Å². The van der Waals surface area contributed by atoms with Crippen molar-refractivity contribution in [2.24, 2.45) is 0 Å². The van der Waals surface area contributed by atoms with E-state index < -0.39 is 0 Å². The number of hydrogen-bond acceptors (Lipinski definition) is 4. The van der Waals surface area contributed by atoms with E-state index in [1.807, 2.05) is 43.3 Å². The molecule has 1 amide bonds. The van der Waals surface area contributed by atoms with Crippen molar-refractivity contribution in [3.05, 3.63) is 94.7 Å². The third-order valence-electron chi connectivity index (χ3n) is 5.72. The smallest absolute Gasteiger partial charge is 0.291 e. The Labute approximate surface area is 202 Å². The molecule has 0 saturated heterocycles. The largest absolute Gasteiger partial charge is 0.451 e. The van der Waals surface area contributed by atoms with Gasteiger partial charge in [-0.2, -0.15) is 4.80 Å². The van der Waals surface area contributed by atoms with Gasteiger partial charge in [-0.15, -0.1) is 10.2 Å². The number of aromatic nitrogens is 3. The van der Waals surface area contributed by atoms with Crippen LogP contribution >= 0.6 is 11.6 Å². The van der Waals surface area contributed by atoms with Gasteiger partial charge in [-0.1, -0.05) is 37.6 Å². The molecule has 5 aromatic rings. The van der Waals surface area contributed by atoms with Gasteiger partial charge in [-0.25, -0.2) is 0 Å². The molecule has 0 aliphatic heterocycles. The third kappa shape index (κ3) is 4.32. The zero-order valence-corrected chi connectivity index (χ0v) is 19.8. The van der Waals surface area contributed by atoms with Crippen molar-refractivity contribution >= 4 is 34.2 Å². The molecule has 0 saturated carbocycles. The van der Waals surface area contributed by atoms with Crippen molar-refractivity contribution in [2.45, 2.75) is 26.7 Å². The molecule has 3 aromatic carbocycles. The van der Waals surface area contributed by atoms with E-state index in [-0.39, 0.29) is 11.7 Å². The van der Waals surface area contributed by atoms with Crippen LogP contribution in [-0.2, 0) is 0 Å². The van der Waals surface area contributed by atoms with Crippen molar-refractivity contribution in [1.82, 2.24) is 15.0 Å². The Hall–Kier alpha value is -3.90. The highest BCUT2D eigenvalue weighted by molar-refractivity contribution is 6.30. The molecule has 170 valence electrons. The van der Waals surface area contributed by atoms with Crippen LogP contribution in [0.3, 0.4) is 0 Å². The molecule has 2 heterocycles. The van der Waals surface area contributed by atoms with Crippen LogP contribution in [0.15, 0.2) is 77.2 Å². The number of anilines is 1. The molecule has 34 heavy (non-hydrogen) atoms. The molecule has 0 atom stereocenters. The van der Waals surface area contributed by atoms with Crippen LogP contribution in [0.1, 0.15) is 41.4 Å². The van der Waals surface area contributed by atoms with Crippen molar-refractivity contribution < 1.29 is 9.21 Å². The third-order valence-corrected chi connectivity index (χ3v) is 5.98. The standard InChI is InChI=1S/C27H23ClN4O2/c1-16(2)18-6-10-21(11-7-18)32-30-23-14-17(3)22(15-24(23)31-32)29-27(33)26-13-12-25(34-26)19-4-8-20(28)9-5-19/h4-16H,1-3H3,(H,29,33). The molecule has 7 heteroatoms. The van der Waals surface area contributed by atoms with Crippen molar-refractivity contribution in [3.63, 3.8) is 0 Å². The second-order valence-electron chi connectivity index (χ2n) is 8.52. The quantitative estimate of drug-likeness (QED) is 0.299. The van der Waals surface area contributed by atoms with Crippen LogP contribution in [-0.4, -0.2) is 20.9 Å². The van der Waals surface area contributed by atoms with E-state index in [2.05, 4.69) is 41.5 Å². The van der Waals surface area contributed by atoms with Gasteiger partial charge >= 0.3 is 0 Å². The molecular formula is C27H23ClN4O2. The summed E-state index contributed by atoms with van der Waals surface area (Å²) in [6, 6.07) is 22.6. The first-order valence-corrected chi connectivity index (χ1v) is 11.4. The summed E-state index contributed by atoms with van der Waals surface area (Å²) in [6.45, 7) is 6.25. The van der Waals surface area contributed by atoms with Crippen LogP contribution in [0, 0.1) is 6.92 Å². The number of carbonyl (C=O) groups is 1. The van der Waals surface area contributed by atoms with Gasteiger partial charge in [-0.05, 0) is 84.6 Å². The molecular weight excluding hydrogens is 448 g/mol. The van der Waals surface area contributed by atoms with Gasteiger partial charge in [0.1, 0.15) is 16.8 Å². The number of halogens is 1. The van der Waals surface area contributed by atoms with Crippen LogP contribution in [0.5, 0.6) is 0 Å². The van der Waals surface area contributed by atoms with E-state index >= 15 is 0 Å². The first-order valence-electron chi connectivity index (χ1n) is 11.0. The Balaban J connectivity index is 1.38. The highest BCUT2D eigenvalue weighted by atomic mass is 35.5. The predicted molar refractivity (Wildman–Crippen MR) is 135 cm³/mol. The summed E-state index contributed by atoms with van der Waals surface area (Å²) in [4.78, 5) is 14.5. The Morgan fingerprint density at radius 2 is 1.62 bits per heavy atom. The minimum absolute atomic E-state index is 0.221. The van der Waals surface area contributed by atoms with Crippen molar-refractivity contribution in [2.75, 3.05) is 5.32 Å². The summed E-state index contributed by atoms with van der Waals surface area (Å²) in [5, 5.41) is 12.8. The lowest BCUT2D eigenvalue weighted by atomic mass is 10.0. The van der Waals surface area contributed by atoms with Gasteiger partial charge in [0, 0.05) is 16.3 Å². The van der Waals surface area contributed by atoms with Gasteiger partial charge < -0.3 is 9.73 Å². The zero-order valence-electron chi connectivity index (χ0n) is 19.0. The fraction of sp³-hybridized carbons (Fsp3) is 0.148. The minimum Gasteiger partial charge on any atom is -0.451 e. The number of nitrogens with one attached hydrogen (secondary N) is 1. The predicted octanol–water partition coefficient (Wildman–Crippen LogP) is 7.02. The normalized spacial score (nSPS) is 11.3. The molecule has 0 aliphatic carbocycles. The average Bonchev–Trinajstić information content (AvgIpc) is 3.47. The van der Waals surface area contributed by atoms with Gasteiger partial charge in [0.25, 0.3) is 5.91 Å². The number of amides is 1. The van der Waals surface area contributed by atoms with E-state index in [0.29, 0.717) is 27.9 Å². The van der Waals surface area contributed by atoms with Crippen molar-refractivity contribution in [3.8, 4) is 17.0 Å². The Morgan fingerprint density at radius 1 is 0.941 bits per heavy atom. The highest BCUT2D eigenvalue weighted by Crippen LogP contribution is 2.26. The monoisotopic (exact) mass is 470 g/mol. The molecule has 0 bridgehead atoms. The van der Waals surface area contributed by atoms with Gasteiger partial charge in [0.05, 0.1) is 5.69 Å². The molecule has 2 aromatic heterocycles. The lowest BCUT2D eigenvalue weighted by Gasteiger charge is -2.06. The van der Waals surface area contributed by atoms with Gasteiger partial charge in [0.15, 0.2) is 5.76 Å². The maximum absolute atomic E-state index is 12.8. The van der Waals surface area contributed by atoms with Crippen LogP contribution in [0.25, 0.3) is 28.0 Å². The molecule has 0 radical (unpaired) electrons. The van der Waals surface area contributed by atoms with Crippen LogP contribution in [0.4, 0.5) is 5.69 Å². The topological polar surface area (TPSA) is 73.0 Å². The summed E-state index contributed by atoms with van der Waals surface area (Å²) >= 11 is 5.95. The van der Waals surface area contributed by atoms with E-state index in [9.17, 15) is 4.79 Å². The maximum atomic E-state index is 12.8. The summed E-state index contributed by atoms with van der Waals surface area (Å²) in [5.74, 6) is 0.946. The fourth-order valence-corrected chi connectivity index (χ4v) is 3.85. The first kappa shape index (κ1) is 21.9. The minimum atomic E-state index is -0.334. The number of rotatable bonds is 5. The van der Waals surface area contributed by atoms with Crippen molar-refractivity contribution in [1.29, 1.82) is 0 Å². The molecule has 5 rings (SSSR count). The molecule has 0 spiro atoms. The van der Waals surface area contributed by atoms with E-state index in [0.717, 1.165) is 22.3 Å². The number of benzene rings is 3. The second kappa shape index (κ2) is 8.80. The lowest BCUT2D eigenvalue weighted by Crippen LogP contribution is -2.11.